The molecule has 0 aromatic heterocycles. The van der Waals surface area contributed by atoms with Crippen molar-refractivity contribution in [3.05, 3.63) is 35.9 Å². The van der Waals surface area contributed by atoms with Crippen LogP contribution >= 0.6 is 0 Å². The molecule has 0 radical (unpaired) electrons. The zero-order chi connectivity index (χ0) is 16.7. The standard InChI is InChI=1S/C19H25N3O2/c20-22-18(24)16(21-17(23)15-4-2-1-3-5-15)19-9-12-6-13(10-19)8-14(7-12)11-19/h1-5,12-14,16H,6-11,20H2,(H,21,23)(H,22,24). The molecule has 1 aromatic rings. The average molecular weight is 327 g/mol. The van der Waals surface area contributed by atoms with E-state index >= 15 is 0 Å². The number of benzene rings is 1. The molecular formula is C19H25N3O2. The lowest BCUT2D eigenvalue weighted by atomic mass is 9.47. The summed E-state index contributed by atoms with van der Waals surface area (Å²) in [5.74, 6) is 7.12. The number of carbonyl (C=O) groups is 2. The van der Waals surface area contributed by atoms with Crippen LogP contribution in [0.4, 0.5) is 0 Å². The van der Waals surface area contributed by atoms with Crippen LogP contribution in [0.15, 0.2) is 30.3 Å². The number of carbonyl (C=O) groups excluding carboxylic acids is 2. The Balaban J connectivity index is 1.60. The second kappa shape index (κ2) is 5.88. The number of amides is 2. The molecule has 4 aliphatic carbocycles. The Morgan fingerprint density at radius 2 is 1.54 bits per heavy atom. The van der Waals surface area contributed by atoms with Gasteiger partial charge in [0.25, 0.3) is 11.8 Å². The molecule has 5 rings (SSSR count). The summed E-state index contributed by atoms with van der Waals surface area (Å²) in [5, 5.41) is 3.01. The SMILES string of the molecule is NNC(=O)C(NC(=O)c1ccccc1)C12CC3CC(CC(C3)C1)C2. The van der Waals surface area contributed by atoms with Gasteiger partial charge in [-0.3, -0.25) is 15.0 Å². The third kappa shape index (κ3) is 2.61. The maximum Gasteiger partial charge on any atom is 0.257 e. The molecule has 1 aromatic carbocycles. The Bertz CT molecular complexity index is 608. The van der Waals surface area contributed by atoms with E-state index in [-0.39, 0.29) is 17.2 Å². The van der Waals surface area contributed by atoms with Crippen LogP contribution < -0.4 is 16.6 Å². The van der Waals surface area contributed by atoms with Crippen molar-refractivity contribution in [2.45, 2.75) is 44.6 Å². The number of hydrogen-bond acceptors (Lipinski definition) is 3. The van der Waals surface area contributed by atoms with Crippen LogP contribution in [0.1, 0.15) is 48.9 Å². The molecule has 4 bridgehead atoms. The maximum absolute atomic E-state index is 12.6. The first-order chi connectivity index (χ1) is 11.6. The predicted octanol–water partition coefficient (Wildman–Crippen LogP) is 1.99. The number of nitrogens with one attached hydrogen (secondary N) is 2. The van der Waals surface area contributed by atoms with Gasteiger partial charge < -0.3 is 5.32 Å². The summed E-state index contributed by atoms with van der Waals surface area (Å²) in [6.45, 7) is 0. The maximum atomic E-state index is 12.6. The predicted molar refractivity (Wildman–Crippen MR) is 90.6 cm³/mol. The lowest BCUT2D eigenvalue weighted by Gasteiger charge is -2.58. The fourth-order valence-electron chi connectivity index (χ4n) is 5.92. The normalized spacial score (nSPS) is 34.6. The zero-order valence-electron chi connectivity index (χ0n) is 13.8. The number of hydrazine groups is 1. The summed E-state index contributed by atoms with van der Waals surface area (Å²) in [6.07, 6.45) is 6.99. The van der Waals surface area contributed by atoms with E-state index in [2.05, 4.69) is 10.7 Å². The highest BCUT2D eigenvalue weighted by Crippen LogP contribution is 2.61. The Labute approximate surface area is 142 Å². The first-order valence-electron chi connectivity index (χ1n) is 8.96. The molecule has 128 valence electrons. The van der Waals surface area contributed by atoms with E-state index in [4.69, 9.17) is 5.84 Å². The van der Waals surface area contributed by atoms with Crippen molar-refractivity contribution < 1.29 is 9.59 Å². The van der Waals surface area contributed by atoms with E-state index in [0.717, 1.165) is 19.3 Å². The molecule has 1 unspecified atom stereocenters. The number of hydrogen-bond donors (Lipinski definition) is 3. The van der Waals surface area contributed by atoms with Crippen molar-refractivity contribution in [3.63, 3.8) is 0 Å². The molecule has 4 aliphatic rings. The van der Waals surface area contributed by atoms with Crippen molar-refractivity contribution in [1.29, 1.82) is 0 Å². The second-order valence-corrected chi connectivity index (χ2v) is 8.06. The van der Waals surface area contributed by atoms with Gasteiger partial charge in [0.05, 0.1) is 0 Å². The van der Waals surface area contributed by atoms with Gasteiger partial charge in [-0.05, 0) is 68.4 Å². The van der Waals surface area contributed by atoms with E-state index in [1.165, 1.54) is 19.3 Å². The molecule has 1 atom stereocenters. The summed E-state index contributed by atoms with van der Waals surface area (Å²) < 4.78 is 0. The van der Waals surface area contributed by atoms with Gasteiger partial charge >= 0.3 is 0 Å². The second-order valence-electron chi connectivity index (χ2n) is 8.06. The highest BCUT2D eigenvalue weighted by molar-refractivity contribution is 5.97. The molecule has 4 N–H and O–H groups in total. The van der Waals surface area contributed by atoms with Crippen molar-refractivity contribution in [2.75, 3.05) is 0 Å². The van der Waals surface area contributed by atoms with Crippen molar-refractivity contribution >= 4 is 11.8 Å². The molecule has 2 amide bonds. The summed E-state index contributed by atoms with van der Waals surface area (Å²) in [6, 6.07) is 8.54. The van der Waals surface area contributed by atoms with Crippen LogP contribution in [0, 0.1) is 23.2 Å². The van der Waals surface area contributed by atoms with Gasteiger partial charge in [-0.1, -0.05) is 18.2 Å². The molecule has 0 saturated heterocycles. The highest BCUT2D eigenvalue weighted by atomic mass is 16.2. The lowest BCUT2D eigenvalue weighted by molar-refractivity contribution is -0.134. The van der Waals surface area contributed by atoms with E-state index in [1.807, 2.05) is 18.2 Å². The minimum atomic E-state index is -0.538. The molecule has 5 nitrogen and oxygen atoms in total. The Morgan fingerprint density at radius 3 is 2.04 bits per heavy atom. The van der Waals surface area contributed by atoms with Crippen LogP contribution in [-0.2, 0) is 4.79 Å². The van der Waals surface area contributed by atoms with E-state index < -0.39 is 6.04 Å². The topological polar surface area (TPSA) is 84.2 Å². The Kier molecular flexibility index (Phi) is 3.83. The number of nitrogens with two attached hydrogens (primary N) is 1. The molecular weight excluding hydrogens is 302 g/mol. The summed E-state index contributed by atoms with van der Waals surface area (Å²) in [7, 11) is 0. The van der Waals surface area contributed by atoms with Gasteiger partial charge in [-0.15, -0.1) is 0 Å². The van der Waals surface area contributed by atoms with Crippen LogP contribution in [0.25, 0.3) is 0 Å². The molecule has 4 fully saturated rings. The summed E-state index contributed by atoms with van der Waals surface area (Å²) >= 11 is 0. The Hall–Kier alpha value is -1.88. The van der Waals surface area contributed by atoms with E-state index in [0.29, 0.717) is 23.3 Å². The fraction of sp³-hybridized carbons (Fsp3) is 0.579. The van der Waals surface area contributed by atoms with Gasteiger partial charge in [0, 0.05) is 11.0 Å². The van der Waals surface area contributed by atoms with Crippen molar-refractivity contribution in [2.24, 2.45) is 29.0 Å². The fourth-order valence-corrected chi connectivity index (χ4v) is 5.92. The van der Waals surface area contributed by atoms with Gasteiger partial charge in [0.15, 0.2) is 0 Å². The van der Waals surface area contributed by atoms with Gasteiger partial charge in [-0.25, -0.2) is 5.84 Å². The molecule has 4 saturated carbocycles. The largest absolute Gasteiger partial charge is 0.340 e. The Morgan fingerprint density at radius 1 is 1.00 bits per heavy atom. The lowest BCUT2D eigenvalue weighted by Crippen LogP contribution is -2.62. The van der Waals surface area contributed by atoms with E-state index in [1.54, 1.807) is 12.1 Å². The molecule has 0 spiro atoms. The van der Waals surface area contributed by atoms with Gasteiger partial charge in [-0.2, -0.15) is 0 Å². The zero-order valence-corrected chi connectivity index (χ0v) is 13.8. The summed E-state index contributed by atoms with van der Waals surface area (Å²) in [4.78, 5) is 25.2. The minimum Gasteiger partial charge on any atom is -0.340 e. The van der Waals surface area contributed by atoms with Gasteiger partial charge in [0.1, 0.15) is 6.04 Å². The van der Waals surface area contributed by atoms with Crippen LogP contribution in [0.2, 0.25) is 0 Å². The third-order valence-electron chi connectivity index (χ3n) is 6.41. The minimum absolute atomic E-state index is 0.122. The number of rotatable bonds is 4. The molecule has 0 aliphatic heterocycles. The van der Waals surface area contributed by atoms with Crippen LogP contribution in [-0.4, -0.2) is 17.9 Å². The first kappa shape index (κ1) is 15.6. The van der Waals surface area contributed by atoms with Crippen LogP contribution in [0.3, 0.4) is 0 Å². The van der Waals surface area contributed by atoms with Crippen molar-refractivity contribution in [3.8, 4) is 0 Å². The van der Waals surface area contributed by atoms with Crippen LogP contribution in [0.5, 0.6) is 0 Å². The smallest absolute Gasteiger partial charge is 0.257 e. The monoisotopic (exact) mass is 327 g/mol. The van der Waals surface area contributed by atoms with E-state index in [9.17, 15) is 9.59 Å². The molecule has 24 heavy (non-hydrogen) atoms. The highest BCUT2D eigenvalue weighted by Gasteiger charge is 2.56. The first-order valence-corrected chi connectivity index (χ1v) is 8.96. The van der Waals surface area contributed by atoms with Gasteiger partial charge in [0.2, 0.25) is 0 Å². The third-order valence-corrected chi connectivity index (χ3v) is 6.41. The van der Waals surface area contributed by atoms with Crippen molar-refractivity contribution in [1.82, 2.24) is 10.7 Å². The molecule has 5 heteroatoms. The average Bonchev–Trinajstić information content (AvgIpc) is 2.58. The molecule has 0 heterocycles. The summed E-state index contributed by atoms with van der Waals surface area (Å²) in [5.41, 5.74) is 2.75. The quantitative estimate of drug-likeness (QED) is 0.449.